The molecule has 1 unspecified atom stereocenters. The van der Waals surface area contributed by atoms with Gasteiger partial charge in [-0.1, -0.05) is 0 Å². The van der Waals surface area contributed by atoms with E-state index in [0.717, 1.165) is 61.5 Å². The highest BCUT2D eigenvalue weighted by Gasteiger charge is 2.37. The van der Waals surface area contributed by atoms with Gasteiger partial charge in [-0.2, -0.15) is 17.7 Å². The SMILES string of the molecule is FC(F)(F)c1nnc2ccc(N3CCN(c4ccc(OCCCC5CNCCN5)cc4)CC3)nn12. The van der Waals surface area contributed by atoms with Crippen LogP contribution in [0, 0.1) is 0 Å². The monoisotopic (exact) mass is 490 g/mol. The van der Waals surface area contributed by atoms with Crippen molar-refractivity contribution >= 4 is 17.2 Å². The van der Waals surface area contributed by atoms with Gasteiger partial charge in [0.25, 0.3) is 5.82 Å². The molecule has 0 amide bonds. The maximum atomic E-state index is 13.2. The first-order valence-electron chi connectivity index (χ1n) is 11.9. The smallest absolute Gasteiger partial charge is 0.453 e. The van der Waals surface area contributed by atoms with Crippen LogP contribution in [0.15, 0.2) is 36.4 Å². The molecule has 12 heteroatoms. The number of ether oxygens (including phenoxy) is 1. The van der Waals surface area contributed by atoms with Gasteiger partial charge in [0, 0.05) is 57.5 Å². The molecule has 0 radical (unpaired) electrons. The van der Waals surface area contributed by atoms with E-state index in [4.69, 9.17) is 4.74 Å². The number of benzene rings is 1. The summed E-state index contributed by atoms with van der Waals surface area (Å²) < 4.78 is 46.1. The number of rotatable bonds is 7. The van der Waals surface area contributed by atoms with E-state index in [1.54, 1.807) is 6.07 Å². The third kappa shape index (κ3) is 5.59. The molecular weight excluding hydrogens is 461 g/mol. The normalized spacial score (nSPS) is 19.3. The molecule has 2 aliphatic heterocycles. The summed E-state index contributed by atoms with van der Waals surface area (Å²) in [7, 11) is 0. The molecule has 5 rings (SSSR count). The fourth-order valence-corrected chi connectivity index (χ4v) is 4.51. The maximum absolute atomic E-state index is 13.2. The van der Waals surface area contributed by atoms with Crippen molar-refractivity contribution in [2.45, 2.75) is 25.1 Å². The predicted molar refractivity (Wildman–Crippen MR) is 126 cm³/mol. The summed E-state index contributed by atoms with van der Waals surface area (Å²) >= 11 is 0. The van der Waals surface area contributed by atoms with Crippen LogP contribution in [0.25, 0.3) is 5.65 Å². The minimum atomic E-state index is -4.61. The maximum Gasteiger partial charge on any atom is 0.453 e. The minimum Gasteiger partial charge on any atom is -0.494 e. The highest BCUT2D eigenvalue weighted by Crippen LogP contribution is 2.28. The van der Waals surface area contributed by atoms with Gasteiger partial charge in [-0.15, -0.1) is 15.3 Å². The molecular formula is C23H29F3N8O. The summed E-state index contributed by atoms with van der Waals surface area (Å²) in [5.41, 5.74) is 1.17. The third-order valence-corrected chi connectivity index (χ3v) is 6.40. The number of aromatic nitrogens is 4. The van der Waals surface area contributed by atoms with Crippen LogP contribution in [-0.4, -0.2) is 78.3 Å². The first kappa shape index (κ1) is 23.6. The van der Waals surface area contributed by atoms with Crippen LogP contribution in [0.1, 0.15) is 18.7 Å². The lowest BCUT2D eigenvalue weighted by atomic mass is 10.1. The fourth-order valence-electron chi connectivity index (χ4n) is 4.51. The van der Waals surface area contributed by atoms with Crippen molar-refractivity contribution in [2.24, 2.45) is 0 Å². The summed E-state index contributed by atoms with van der Waals surface area (Å²) in [4.78, 5) is 4.23. The topological polar surface area (TPSA) is 82.9 Å². The van der Waals surface area contributed by atoms with Gasteiger partial charge in [0.2, 0.25) is 0 Å². The summed E-state index contributed by atoms with van der Waals surface area (Å²) in [5, 5.41) is 17.9. The van der Waals surface area contributed by atoms with Crippen LogP contribution in [0.3, 0.4) is 0 Å². The van der Waals surface area contributed by atoms with Crippen molar-refractivity contribution in [2.75, 3.05) is 62.2 Å². The van der Waals surface area contributed by atoms with Gasteiger partial charge >= 0.3 is 6.18 Å². The number of hydrogen-bond donors (Lipinski definition) is 2. The number of nitrogens with one attached hydrogen (secondary N) is 2. The summed E-state index contributed by atoms with van der Waals surface area (Å²) in [6.07, 6.45) is -2.52. The first-order chi connectivity index (χ1) is 17.0. The summed E-state index contributed by atoms with van der Waals surface area (Å²) in [6, 6.07) is 11.8. The van der Waals surface area contributed by atoms with E-state index in [9.17, 15) is 13.2 Å². The molecule has 9 nitrogen and oxygen atoms in total. The Morgan fingerprint density at radius 1 is 0.943 bits per heavy atom. The average Bonchev–Trinajstić information content (AvgIpc) is 3.32. The largest absolute Gasteiger partial charge is 0.494 e. The lowest BCUT2D eigenvalue weighted by molar-refractivity contribution is -0.146. The zero-order valence-corrected chi connectivity index (χ0v) is 19.3. The van der Waals surface area contributed by atoms with Gasteiger partial charge in [0.1, 0.15) is 11.6 Å². The molecule has 0 aliphatic carbocycles. The minimum absolute atomic E-state index is 0.0738. The van der Waals surface area contributed by atoms with Gasteiger partial charge < -0.3 is 25.2 Å². The lowest BCUT2D eigenvalue weighted by Crippen LogP contribution is -2.48. The molecule has 0 bridgehead atoms. The average molecular weight is 491 g/mol. The second kappa shape index (κ2) is 10.2. The third-order valence-electron chi connectivity index (χ3n) is 6.40. The zero-order chi connectivity index (χ0) is 24.3. The van der Waals surface area contributed by atoms with Crippen LogP contribution >= 0.6 is 0 Å². The van der Waals surface area contributed by atoms with Crippen molar-refractivity contribution in [1.29, 1.82) is 0 Å². The summed E-state index contributed by atoms with van der Waals surface area (Å²) in [6.45, 7) is 6.51. The number of fused-ring (bicyclic) bond motifs is 1. The Hall–Kier alpha value is -3.12. The number of alkyl halides is 3. The van der Waals surface area contributed by atoms with E-state index in [-0.39, 0.29) is 5.65 Å². The van der Waals surface area contributed by atoms with E-state index in [0.29, 0.717) is 31.6 Å². The van der Waals surface area contributed by atoms with Crippen molar-refractivity contribution < 1.29 is 17.9 Å². The lowest BCUT2D eigenvalue weighted by Gasteiger charge is -2.36. The number of anilines is 2. The number of hydrogen-bond acceptors (Lipinski definition) is 8. The van der Waals surface area contributed by atoms with Crippen LogP contribution < -0.4 is 25.2 Å². The molecule has 3 aromatic rings. The van der Waals surface area contributed by atoms with E-state index < -0.39 is 12.0 Å². The molecule has 2 fully saturated rings. The van der Waals surface area contributed by atoms with Crippen LogP contribution in [0.4, 0.5) is 24.7 Å². The number of piperazine rings is 2. The molecule has 2 aromatic heterocycles. The first-order valence-corrected chi connectivity index (χ1v) is 11.9. The molecule has 35 heavy (non-hydrogen) atoms. The van der Waals surface area contributed by atoms with Gasteiger partial charge in [0.05, 0.1) is 6.61 Å². The van der Waals surface area contributed by atoms with Crippen molar-refractivity contribution in [1.82, 2.24) is 30.4 Å². The van der Waals surface area contributed by atoms with Gasteiger partial charge in [-0.25, -0.2) is 0 Å². The van der Waals surface area contributed by atoms with Crippen LogP contribution in [-0.2, 0) is 6.18 Å². The Kier molecular flexibility index (Phi) is 6.91. The van der Waals surface area contributed by atoms with Gasteiger partial charge in [0.15, 0.2) is 5.65 Å². The van der Waals surface area contributed by atoms with Crippen molar-refractivity contribution in [3.05, 3.63) is 42.2 Å². The fraction of sp³-hybridized carbons (Fsp3) is 0.522. The van der Waals surface area contributed by atoms with Gasteiger partial charge in [-0.05, 0) is 49.2 Å². The van der Waals surface area contributed by atoms with Gasteiger partial charge in [-0.3, -0.25) is 0 Å². The van der Waals surface area contributed by atoms with E-state index in [1.807, 2.05) is 17.0 Å². The van der Waals surface area contributed by atoms with Crippen LogP contribution in [0.5, 0.6) is 5.75 Å². The van der Waals surface area contributed by atoms with Crippen molar-refractivity contribution in [3.8, 4) is 5.75 Å². The van der Waals surface area contributed by atoms with Crippen LogP contribution in [0.2, 0.25) is 0 Å². The molecule has 4 heterocycles. The Balaban J connectivity index is 1.12. The Bertz CT molecular complexity index is 1110. The Labute approximate surface area is 201 Å². The molecule has 2 N–H and O–H groups in total. The molecule has 0 spiro atoms. The zero-order valence-electron chi connectivity index (χ0n) is 19.3. The Morgan fingerprint density at radius 2 is 1.71 bits per heavy atom. The van der Waals surface area contributed by atoms with E-state index in [1.165, 1.54) is 6.07 Å². The summed E-state index contributed by atoms with van der Waals surface area (Å²) in [5.74, 6) is 0.220. The standard InChI is InChI=1S/C23H29F3N8O/c24-23(25,26)22-30-29-20-7-8-21(31-34(20)22)33-13-11-32(12-14-33)18-3-5-19(6-4-18)35-15-1-2-17-16-27-9-10-28-17/h3-8,17,27-28H,1-2,9-16H2. The molecule has 1 aromatic carbocycles. The number of nitrogens with zero attached hydrogens (tertiary/aromatic N) is 6. The molecule has 2 saturated heterocycles. The molecule has 188 valence electrons. The van der Waals surface area contributed by atoms with Crippen molar-refractivity contribution in [3.63, 3.8) is 0 Å². The molecule has 1 atom stereocenters. The second-order valence-electron chi connectivity index (χ2n) is 8.80. The quantitative estimate of drug-likeness (QED) is 0.488. The predicted octanol–water partition coefficient (Wildman–Crippen LogP) is 2.19. The van der Waals surface area contributed by atoms with E-state index in [2.05, 4.69) is 43.0 Å². The highest BCUT2D eigenvalue weighted by atomic mass is 19.4. The molecule has 0 saturated carbocycles. The Morgan fingerprint density at radius 3 is 2.43 bits per heavy atom. The second-order valence-corrected chi connectivity index (χ2v) is 8.80. The van der Waals surface area contributed by atoms with E-state index >= 15 is 0 Å². The molecule has 2 aliphatic rings. The number of halogens is 3. The highest BCUT2D eigenvalue weighted by molar-refractivity contribution is 5.52.